The van der Waals surface area contributed by atoms with Crippen molar-refractivity contribution in [3.8, 4) is 0 Å². The van der Waals surface area contributed by atoms with Gasteiger partial charge in [0.05, 0.1) is 0 Å². The van der Waals surface area contributed by atoms with E-state index in [9.17, 15) is 4.79 Å². The van der Waals surface area contributed by atoms with E-state index in [4.69, 9.17) is 0 Å². The third-order valence-electron chi connectivity index (χ3n) is 2.44. The molecule has 1 aromatic carbocycles. The molecule has 1 amide bonds. The number of thioether (sulfide) groups is 1. The average molecular weight is 307 g/mol. The van der Waals surface area contributed by atoms with Gasteiger partial charge < -0.3 is 5.32 Å². The summed E-state index contributed by atoms with van der Waals surface area (Å²) in [5, 5.41) is 2.75. The number of hydrogen-bond acceptors (Lipinski definition) is 3. The molecule has 1 aromatic heterocycles. The van der Waals surface area contributed by atoms with Crippen LogP contribution in [0.3, 0.4) is 0 Å². The van der Waals surface area contributed by atoms with Gasteiger partial charge in [0.15, 0.2) is 0 Å². The number of benzene rings is 1. The zero-order valence-electron chi connectivity index (χ0n) is 10.8. The summed E-state index contributed by atoms with van der Waals surface area (Å²) < 4.78 is 0. The van der Waals surface area contributed by atoms with Gasteiger partial charge in [0.25, 0.3) is 0 Å². The molecule has 2 rings (SSSR count). The van der Waals surface area contributed by atoms with Gasteiger partial charge in [-0.1, -0.05) is 12.6 Å². The molecule has 2 aromatic rings. The van der Waals surface area contributed by atoms with E-state index in [0.29, 0.717) is 0 Å². The van der Waals surface area contributed by atoms with E-state index in [-0.39, 0.29) is 18.3 Å². The molecule has 0 aliphatic rings. The second kappa shape index (κ2) is 8.40. The summed E-state index contributed by atoms with van der Waals surface area (Å²) in [4.78, 5) is 16.3. The molecule has 0 atom stereocenters. The lowest BCUT2D eigenvalue weighted by Crippen LogP contribution is -2.06. The number of rotatable bonds is 5. The maximum absolute atomic E-state index is 11.2. The average Bonchev–Trinajstić information content (AvgIpc) is 2.46. The fourth-order valence-electron chi connectivity index (χ4n) is 1.50. The van der Waals surface area contributed by atoms with Gasteiger partial charge in [-0.25, -0.2) is 0 Å². The Kier molecular flexibility index (Phi) is 6.84. The number of amides is 1. The number of anilines is 1. The van der Waals surface area contributed by atoms with Gasteiger partial charge in [0.2, 0.25) is 5.91 Å². The molecule has 0 radical (unpaired) electrons. The van der Waals surface area contributed by atoms with Gasteiger partial charge in [-0.2, -0.15) is 0 Å². The molecule has 0 bridgehead atoms. The monoisotopic (exact) mass is 306 g/mol. The smallest absolute Gasteiger partial charge is 0.247 e. The van der Waals surface area contributed by atoms with Crippen LogP contribution in [0.5, 0.6) is 0 Å². The highest BCUT2D eigenvalue weighted by atomic mass is 35.5. The van der Waals surface area contributed by atoms with Crippen molar-refractivity contribution in [3.63, 3.8) is 0 Å². The molecule has 0 spiro atoms. The third kappa shape index (κ3) is 5.07. The molecule has 1 heterocycles. The Balaban J connectivity index is 0.00000200. The zero-order chi connectivity index (χ0) is 13.5. The predicted octanol–water partition coefficient (Wildman–Crippen LogP) is 3.92. The van der Waals surface area contributed by atoms with Crippen molar-refractivity contribution in [2.45, 2.75) is 10.6 Å². The lowest BCUT2D eigenvalue weighted by atomic mass is 10.3. The van der Waals surface area contributed by atoms with Crippen molar-refractivity contribution in [2.75, 3.05) is 5.32 Å². The maximum Gasteiger partial charge on any atom is 0.247 e. The Morgan fingerprint density at radius 1 is 1.30 bits per heavy atom. The van der Waals surface area contributed by atoms with Crippen LogP contribution in [0.15, 0.2) is 66.3 Å². The van der Waals surface area contributed by atoms with Crippen molar-refractivity contribution < 1.29 is 4.79 Å². The van der Waals surface area contributed by atoms with Crippen LogP contribution >= 0.6 is 24.2 Å². The van der Waals surface area contributed by atoms with Crippen LogP contribution < -0.4 is 5.32 Å². The van der Waals surface area contributed by atoms with Gasteiger partial charge >= 0.3 is 0 Å². The summed E-state index contributed by atoms with van der Waals surface area (Å²) in [5.41, 5.74) is 2.00. The molecule has 0 aliphatic carbocycles. The van der Waals surface area contributed by atoms with E-state index in [1.165, 1.54) is 11.6 Å². The standard InChI is InChI=1S/C15H14N2OS.ClH/c1-2-15(18)17-13-4-3-5-14(10-13)19-11-12-6-8-16-9-7-12;/h2-10H,1,11H2,(H,17,18);1H. The fourth-order valence-corrected chi connectivity index (χ4v) is 2.41. The molecule has 0 saturated heterocycles. The highest BCUT2D eigenvalue weighted by molar-refractivity contribution is 7.98. The molecule has 1 N–H and O–H groups in total. The van der Waals surface area contributed by atoms with Gasteiger partial charge in [0, 0.05) is 28.7 Å². The largest absolute Gasteiger partial charge is 0.322 e. The predicted molar refractivity (Wildman–Crippen MR) is 86.3 cm³/mol. The Labute approximate surface area is 128 Å². The quantitative estimate of drug-likeness (QED) is 0.672. The van der Waals surface area contributed by atoms with E-state index in [1.54, 1.807) is 24.2 Å². The summed E-state index contributed by atoms with van der Waals surface area (Å²) >= 11 is 1.72. The number of aromatic nitrogens is 1. The highest BCUT2D eigenvalue weighted by Crippen LogP contribution is 2.25. The van der Waals surface area contributed by atoms with Gasteiger partial charge in [-0.05, 0) is 42.0 Å². The molecular weight excluding hydrogens is 292 g/mol. The number of nitrogens with zero attached hydrogens (tertiary/aromatic N) is 1. The van der Waals surface area contributed by atoms with Crippen LogP contribution in [0.1, 0.15) is 5.56 Å². The minimum atomic E-state index is -0.198. The van der Waals surface area contributed by atoms with Crippen molar-refractivity contribution in [2.24, 2.45) is 0 Å². The molecular formula is C15H15ClN2OS. The SMILES string of the molecule is C=CC(=O)Nc1cccc(SCc2ccncc2)c1.Cl. The summed E-state index contributed by atoms with van der Waals surface area (Å²) in [6, 6.07) is 11.8. The van der Waals surface area contributed by atoms with Crippen LogP contribution in [0.4, 0.5) is 5.69 Å². The Bertz CT molecular complexity index is 575. The number of hydrogen-bond donors (Lipinski definition) is 1. The number of halogens is 1. The first-order valence-electron chi connectivity index (χ1n) is 5.83. The second-order valence-corrected chi connectivity index (χ2v) is 4.91. The summed E-state index contributed by atoms with van der Waals surface area (Å²) in [7, 11) is 0. The molecule has 104 valence electrons. The first-order chi connectivity index (χ1) is 9.28. The van der Waals surface area contributed by atoms with Crippen LogP contribution in [-0.4, -0.2) is 10.9 Å². The van der Waals surface area contributed by atoms with Crippen molar-refractivity contribution in [1.82, 2.24) is 4.98 Å². The Hall–Kier alpha value is -1.78. The second-order valence-electron chi connectivity index (χ2n) is 3.87. The van der Waals surface area contributed by atoms with E-state index >= 15 is 0 Å². The topological polar surface area (TPSA) is 42.0 Å². The first-order valence-corrected chi connectivity index (χ1v) is 6.81. The molecule has 0 aliphatic heterocycles. The third-order valence-corrected chi connectivity index (χ3v) is 3.51. The number of carbonyl (C=O) groups is 1. The maximum atomic E-state index is 11.2. The van der Waals surface area contributed by atoms with Crippen LogP contribution in [0.2, 0.25) is 0 Å². The van der Waals surface area contributed by atoms with Crippen molar-refractivity contribution >= 4 is 35.8 Å². The van der Waals surface area contributed by atoms with E-state index in [1.807, 2.05) is 36.4 Å². The fraction of sp³-hybridized carbons (Fsp3) is 0.0667. The van der Waals surface area contributed by atoms with Crippen LogP contribution in [0.25, 0.3) is 0 Å². The molecule has 0 fully saturated rings. The molecule has 0 saturated carbocycles. The van der Waals surface area contributed by atoms with Gasteiger partial charge in [0.1, 0.15) is 0 Å². The summed E-state index contributed by atoms with van der Waals surface area (Å²) in [6.45, 7) is 3.43. The minimum Gasteiger partial charge on any atom is -0.322 e. The lowest BCUT2D eigenvalue weighted by molar-refractivity contribution is -0.111. The van der Waals surface area contributed by atoms with E-state index < -0.39 is 0 Å². The molecule has 20 heavy (non-hydrogen) atoms. The highest BCUT2D eigenvalue weighted by Gasteiger charge is 2.00. The van der Waals surface area contributed by atoms with E-state index in [2.05, 4.69) is 16.9 Å². The number of pyridine rings is 1. The normalized spacial score (nSPS) is 9.40. The van der Waals surface area contributed by atoms with Gasteiger partial charge in [-0.3, -0.25) is 9.78 Å². The number of nitrogens with one attached hydrogen (secondary N) is 1. The van der Waals surface area contributed by atoms with Gasteiger partial charge in [-0.15, -0.1) is 24.2 Å². The van der Waals surface area contributed by atoms with Crippen molar-refractivity contribution in [3.05, 3.63) is 67.0 Å². The minimum absolute atomic E-state index is 0. The van der Waals surface area contributed by atoms with Crippen LogP contribution in [0, 0.1) is 0 Å². The number of carbonyl (C=O) groups excluding carboxylic acids is 1. The lowest BCUT2D eigenvalue weighted by Gasteiger charge is -2.05. The Morgan fingerprint density at radius 2 is 2.05 bits per heavy atom. The van der Waals surface area contributed by atoms with E-state index in [0.717, 1.165) is 16.3 Å². The van der Waals surface area contributed by atoms with Crippen LogP contribution in [-0.2, 0) is 10.5 Å². The zero-order valence-corrected chi connectivity index (χ0v) is 12.4. The molecule has 0 unspecified atom stereocenters. The summed E-state index contributed by atoms with van der Waals surface area (Å²) in [6.07, 6.45) is 4.84. The molecule has 3 nitrogen and oxygen atoms in total. The Morgan fingerprint density at radius 3 is 2.75 bits per heavy atom. The summed E-state index contributed by atoms with van der Waals surface area (Å²) in [5.74, 6) is 0.678. The molecule has 5 heteroatoms. The first kappa shape index (κ1) is 16.3. The van der Waals surface area contributed by atoms with Crippen molar-refractivity contribution in [1.29, 1.82) is 0 Å².